The predicted octanol–water partition coefficient (Wildman–Crippen LogP) is 4.90. The highest BCUT2D eigenvalue weighted by Crippen LogP contribution is 2.34. The third kappa shape index (κ3) is 2.01. The van der Waals surface area contributed by atoms with Crippen LogP contribution in [0.2, 0.25) is 13.1 Å². The van der Waals surface area contributed by atoms with Crippen LogP contribution in [0.5, 0.6) is 0 Å². The van der Waals surface area contributed by atoms with Crippen molar-refractivity contribution in [1.29, 1.82) is 0 Å². The molecule has 0 N–H and O–H groups in total. The normalized spacial score (nSPS) is 15.2. The Balaban J connectivity index is 1.86. The smallest absolute Gasteiger partial charge is 0.117 e. The molecule has 0 saturated heterocycles. The Labute approximate surface area is 149 Å². The monoisotopic (exact) mass is 339 g/mol. The van der Waals surface area contributed by atoms with Crippen LogP contribution in [0.25, 0.3) is 21.5 Å². The van der Waals surface area contributed by atoms with Crippen LogP contribution in [-0.4, -0.2) is 15.1 Å². The zero-order chi connectivity index (χ0) is 17.2. The number of benzene rings is 4. The summed E-state index contributed by atoms with van der Waals surface area (Å²) in [4.78, 5) is 2.39. The van der Waals surface area contributed by atoms with Crippen LogP contribution in [0.15, 0.2) is 72.8 Å². The Morgan fingerprint density at radius 2 is 0.960 bits per heavy atom. The molecule has 2 heteroatoms. The molecule has 1 nitrogen and oxygen atoms in total. The maximum Gasteiger partial charge on any atom is 0.117 e. The van der Waals surface area contributed by atoms with Crippen LogP contribution in [0.4, 0.5) is 11.4 Å². The van der Waals surface area contributed by atoms with Crippen molar-refractivity contribution in [2.45, 2.75) is 13.1 Å². The van der Waals surface area contributed by atoms with Crippen LogP contribution >= 0.6 is 0 Å². The molecule has 0 spiro atoms. The van der Waals surface area contributed by atoms with Gasteiger partial charge in [0.25, 0.3) is 0 Å². The van der Waals surface area contributed by atoms with Gasteiger partial charge in [0.2, 0.25) is 0 Å². The van der Waals surface area contributed by atoms with Crippen LogP contribution in [0.1, 0.15) is 0 Å². The summed E-state index contributed by atoms with van der Waals surface area (Å²) in [5.74, 6) is 0. The van der Waals surface area contributed by atoms with Crippen molar-refractivity contribution in [3.05, 3.63) is 72.8 Å². The van der Waals surface area contributed by atoms with E-state index in [-0.39, 0.29) is 0 Å². The minimum atomic E-state index is -1.75. The van der Waals surface area contributed by atoms with Gasteiger partial charge in [-0.05, 0) is 44.1 Å². The van der Waals surface area contributed by atoms with Gasteiger partial charge in [-0.3, -0.25) is 0 Å². The van der Waals surface area contributed by atoms with E-state index in [1.165, 1.54) is 43.3 Å². The molecule has 0 unspecified atom stereocenters. The molecule has 0 bridgehead atoms. The summed E-state index contributed by atoms with van der Waals surface area (Å²) in [6.07, 6.45) is 0. The van der Waals surface area contributed by atoms with Gasteiger partial charge < -0.3 is 4.90 Å². The van der Waals surface area contributed by atoms with Gasteiger partial charge >= 0.3 is 0 Å². The molecule has 0 radical (unpaired) electrons. The Morgan fingerprint density at radius 1 is 0.600 bits per heavy atom. The van der Waals surface area contributed by atoms with E-state index in [9.17, 15) is 0 Å². The summed E-state index contributed by atoms with van der Waals surface area (Å²) in [5.41, 5.74) is 2.75. The third-order valence-electron chi connectivity index (χ3n) is 5.80. The van der Waals surface area contributed by atoms with Crippen molar-refractivity contribution in [2.24, 2.45) is 0 Å². The minimum absolute atomic E-state index is 1.32. The van der Waals surface area contributed by atoms with E-state index < -0.39 is 8.07 Å². The maximum absolute atomic E-state index is 2.49. The second-order valence-electron chi connectivity index (χ2n) is 7.62. The van der Waals surface area contributed by atoms with Gasteiger partial charge in [-0.15, -0.1) is 0 Å². The fourth-order valence-electron chi connectivity index (χ4n) is 4.29. The molecule has 1 heterocycles. The number of anilines is 2. The van der Waals surface area contributed by atoms with Gasteiger partial charge in [0, 0.05) is 18.4 Å². The van der Waals surface area contributed by atoms with Gasteiger partial charge in [-0.1, -0.05) is 73.8 Å². The van der Waals surface area contributed by atoms with Gasteiger partial charge in [-0.25, -0.2) is 0 Å². The lowest BCUT2D eigenvalue weighted by Gasteiger charge is -2.39. The molecule has 4 aromatic carbocycles. The molecule has 0 saturated carbocycles. The fourth-order valence-corrected chi connectivity index (χ4v) is 7.37. The van der Waals surface area contributed by atoms with E-state index in [4.69, 9.17) is 0 Å². The van der Waals surface area contributed by atoms with Crippen LogP contribution in [0, 0.1) is 0 Å². The molecular formula is C23H21NSi. The SMILES string of the molecule is CN1c2cc3ccccc3cc2[Si](C)(C)c2cc3ccccc3cc21. The molecule has 0 fully saturated rings. The minimum Gasteiger partial charge on any atom is -0.345 e. The van der Waals surface area contributed by atoms with Gasteiger partial charge in [0.15, 0.2) is 0 Å². The summed E-state index contributed by atoms with van der Waals surface area (Å²) in [5, 5.41) is 8.41. The second kappa shape index (κ2) is 4.96. The first kappa shape index (κ1) is 14.7. The van der Waals surface area contributed by atoms with E-state index in [0.29, 0.717) is 0 Å². The molecule has 0 aromatic heterocycles. The van der Waals surface area contributed by atoms with Crippen molar-refractivity contribution in [3.63, 3.8) is 0 Å². The van der Waals surface area contributed by atoms with Crippen LogP contribution < -0.4 is 15.3 Å². The summed E-state index contributed by atoms with van der Waals surface area (Å²) in [6.45, 7) is 4.97. The highest BCUT2D eigenvalue weighted by Gasteiger charge is 2.37. The molecule has 1 aliphatic rings. The van der Waals surface area contributed by atoms with E-state index in [2.05, 4.69) is 97.8 Å². The zero-order valence-electron chi connectivity index (χ0n) is 14.9. The number of nitrogens with zero attached hydrogens (tertiary/aromatic N) is 1. The Hall–Kier alpha value is -2.58. The first-order valence-corrected chi connectivity index (χ1v) is 11.9. The maximum atomic E-state index is 2.49. The summed E-state index contributed by atoms with van der Waals surface area (Å²) in [6, 6.07) is 27.0. The fraction of sp³-hybridized carbons (Fsp3) is 0.130. The molecule has 0 aliphatic carbocycles. The number of hydrogen-bond acceptors (Lipinski definition) is 1. The van der Waals surface area contributed by atoms with Crippen LogP contribution in [0.3, 0.4) is 0 Å². The number of rotatable bonds is 0. The van der Waals surface area contributed by atoms with Crippen molar-refractivity contribution in [2.75, 3.05) is 11.9 Å². The summed E-state index contributed by atoms with van der Waals surface area (Å²) < 4.78 is 0. The van der Waals surface area contributed by atoms with E-state index in [1.54, 1.807) is 0 Å². The standard InChI is InChI=1S/C23H21NSi/c1-24-20-12-16-8-4-6-10-18(16)14-22(20)25(2,3)23-15-19-11-7-5-9-17(19)13-21(23)24/h4-15H,1-3H3. The molecule has 1 aliphatic heterocycles. The molecule has 122 valence electrons. The first-order chi connectivity index (χ1) is 12.1. The lowest BCUT2D eigenvalue weighted by Crippen LogP contribution is -2.58. The number of fused-ring (bicyclic) bond motifs is 4. The molecular weight excluding hydrogens is 318 g/mol. The number of hydrogen-bond donors (Lipinski definition) is 0. The third-order valence-corrected chi connectivity index (χ3v) is 9.29. The average molecular weight is 340 g/mol. The van der Waals surface area contributed by atoms with Gasteiger partial charge in [0.1, 0.15) is 8.07 Å². The highest BCUT2D eigenvalue weighted by molar-refractivity contribution is 7.03. The van der Waals surface area contributed by atoms with E-state index >= 15 is 0 Å². The lowest BCUT2D eigenvalue weighted by atomic mass is 10.1. The van der Waals surface area contributed by atoms with E-state index in [0.717, 1.165) is 0 Å². The summed E-state index contributed by atoms with van der Waals surface area (Å²) >= 11 is 0. The van der Waals surface area contributed by atoms with Crippen molar-refractivity contribution in [1.82, 2.24) is 0 Å². The highest BCUT2D eigenvalue weighted by atomic mass is 28.3. The lowest BCUT2D eigenvalue weighted by molar-refractivity contribution is 1.22. The predicted molar refractivity (Wildman–Crippen MR) is 113 cm³/mol. The first-order valence-electron chi connectivity index (χ1n) is 8.86. The van der Waals surface area contributed by atoms with Crippen molar-refractivity contribution >= 4 is 51.4 Å². The zero-order valence-corrected chi connectivity index (χ0v) is 15.9. The average Bonchev–Trinajstić information content (AvgIpc) is 2.64. The van der Waals surface area contributed by atoms with Crippen molar-refractivity contribution in [3.8, 4) is 0 Å². The second-order valence-corrected chi connectivity index (χ2v) is 11.9. The Bertz CT molecular complexity index is 1050. The largest absolute Gasteiger partial charge is 0.345 e. The molecule has 25 heavy (non-hydrogen) atoms. The van der Waals surface area contributed by atoms with Crippen molar-refractivity contribution < 1.29 is 0 Å². The van der Waals surface area contributed by atoms with Gasteiger partial charge in [0.05, 0.1) is 0 Å². The molecule has 0 amide bonds. The Kier molecular flexibility index (Phi) is 2.92. The van der Waals surface area contributed by atoms with Crippen LogP contribution in [-0.2, 0) is 0 Å². The topological polar surface area (TPSA) is 3.24 Å². The quantitative estimate of drug-likeness (QED) is 0.412. The molecule has 4 aromatic rings. The summed E-state index contributed by atoms with van der Waals surface area (Å²) in [7, 11) is 0.463. The van der Waals surface area contributed by atoms with E-state index in [1.807, 2.05) is 0 Å². The Morgan fingerprint density at radius 3 is 1.36 bits per heavy atom. The van der Waals surface area contributed by atoms with Gasteiger partial charge in [-0.2, -0.15) is 0 Å². The molecule has 0 atom stereocenters. The molecule has 5 rings (SSSR count).